The lowest BCUT2D eigenvalue weighted by Crippen LogP contribution is -2.32. The number of amides is 1. The molecule has 4 rings (SSSR count). The third-order valence-electron chi connectivity index (χ3n) is 5.46. The van der Waals surface area contributed by atoms with Crippen molar-refractivity contribution in [1.29, 1.82) is 0 Å². The zero-order chi connectivity index (χ0) is 20.2. The van der Waals surface area contributed by atoms with Crippen molar-refractivity contribution in [2.45, 2.75) is 26.7 Å². The van der Waals surface area contributed by atoms with E-state index in [-0.39, 0.29) is 5.91 Å². The number of hydrogen-bond donors (Lipinski definition) is 0. The Balaban J connectivity index is 1.90. The normalized spacial score (nSPS) is 11.1. The van der Waals surface area contributed by atoms with Crippen LogP contribution in [-0.4, -0.2) is 28.9 Å². The molecule has 0 fully saturated rings. The van der Waals surface area contributed by atoms with Gasteiger partial charge in [-0.3, -0.25) is 4.79 Å². The predicted molar refractivity (Wildman–Crippen MR) is 121 cm³/mol. The van der Waals surface area contributed by atoms with Gasteiger partial charge in [0, 0.05) is 24.0 Å². The summed E-state index contributed by atoms with van der Waals surface area (Å²) >= 11 is 0. The van der Waals surface area contributed by atoms with Crippen LogP contribution in [0.1, 0.15) is 37.0 Å². The molecule has 1 aromatic heterocycles. The first kappa shape index (κ1) is 19.1. The van der Waals surface area contributed by atoms with E-state index in [9.17, 15) is 4.79 Å². The second-order valence-corrected chi connectivity index (χ2v) is 7.34. The van der Waals surface area contributed by atoms with Crippen LogP contribution in [0.3, 0.4) is 0 Å². The van der Waals surface area contributed by atoms with Crippen molar-refractivity contribution < 1.29 is 4.79 Å². The second-order valence-electron chi connectivity index (χ2n) is 7.34. The van der Waals surface area contributed by atoms with E-state index in [1.807, 2.05) is 54.3 Å². The highest BCUT2D eigenvalue weighted by Crippen LogP contribution is 2.31. The minimum Gasteiger partial charge on any atom is -0.339 e. The molecule has 3 heteroatoms. The Kier molecular flexibility index (Phi) is 5.57. The maximum atomic E-state index is 13.4. The Morgan fingerprint density at radius 3 is 2.41 bits per heavy atom. The molecule has 3 nitrogen and oxygen atoms in total. The highest BCUT2D eigenvalue weighted by Gasteiger charge is 2.19. The quantitative estimate of drug-likeness (QED) is 0.391. The molecule has 3 aromatic carbocycles. The van der Waals surface area contributed by atoms with Crippen LogP contribution in [0.25, 0.3) is 32.9 Å². The number of carbonyl (C=O) groups is 1. The summed E-state index contributed by atoms with van der Waals surface area (Å²) in [6, 6.07) is 24.5. The third kappa shape index (κ3) is 3.73. The number of aromatic nitrogens is 1. The molecule has 146 valence electrons. The van der Waals surface area contributed by atoms with Gasteiger partial charge in [0.15, 0.2) is 0 Å². The number of fused-ring (bicyclic) bond motifs is 2. The molecule has 29 heavy (non-hydrogen) atoms. The largest absolute Gasteiger partial charge is 0.339 e. The van der Waals surface area contributed by atoms with E-state index in [1.165, 1.54) is 5.39 Å². The lowest BCUT2D eigenvalue weighted by atomic mass is 9.98. The SMILES string of the molecule is CCCCN(CC)C(=O)c1cc(-c2cccc3ccccc23)nc2ccccc12. The maximum absolute atomic E-state index is 13.4. The number of rotatable bonds is 6. The first-order valence-electron chi connectivity index (χ1n) is 10.4. The van der Waals surface area contributed by atoms with Crippen molar-refractivity contribution in [3.8, 4) is 11.3 Å². The van der Waals surface area contributed by atoms with Crippen molar-refractivity contribution in [2.24, 2.45) is 0 Å². The zero-order valence-corrected chi connectivity index (χ0v) is 17.1. The van der Waals surface area contributed by atoms with Crippen LogP contribution in [0, 0.1) is 0 Å². The molecule has 4 aromatic rings. The monoisotopic (exact) mass is 382 g/mol. The number of para-hydroxylation sites is 1. The topological polar surface area (TPSA) is 33.2 Å². The van der Waals surface area contributed by atoms with E-state index >= 15 is 0 Å². The first-order chi connectivity index (χ1) is 14.2. The number of nitrogens with zero attached hydrogens (tertiary/aromatic N) is 2. The number of benzene rings is 3. The molecule has 1 amide bonds. The number of pyridine rings is 1. The Morgan fingerprint density at radius 2 is 1.62 bits per heavy atom. The van der Waals surface area contributed by atoms with Crippen molar-refractivity contribution in [1.82, 2.24) is 9.88 Å². The van der Waals surface area contributed by atoms with E-state index < -0.39 is 0 Å². The Morgan fingerprint density at radius 1 is 0.897 bits per heavy atom. The van der Waals surface area contributed by atoms with Gasteiger partial charge in [0.2, 0.25) is 0 Å². The van der Waals surface area contributed by atoms with Crippen molar-refractivity contribution in [3.05, 3.63) is 78.4 Å². The Hall–Kier alpha value is -3.20. The van der Waals surface area contributed by atoms with Gasteiger partial charge >= 0.3 is 0 Å². The van der Waals surface area contributed by atoms with Crippen LogP contribution in [0.4, 0.5) is 0 Å². The van der Waals surface area contributed by atoms with Gasteiger partial charge in [-0.05, 0) is 36.2 Å². The summed E-state index contributed by atoms with van der Waals surface area (Å²) < 4.78 is 0. The van der Waals surface area contributed by atoms with Gasteiger partial charge in [-0.2, -0.15) is 0 Å². The molecule has 0 bridgehead atoms. The highest BCUT2D eigenvalue weighted by atomic mass is 16.2. The summed E-state index contributed by atoms with van der Waals surface area (Å²) in [4.78, 5) is 20.3. The summed E-state index contributed by atoms with van der Waals surface area (Å²) in [7, 11) is 0. The van der Waals surface area contributed by atoms with Crippen LogP contribution < -0.4 is 0 Å². The third-order valence-corrected chi connectivity index (χ3v) is 5.46. The fourth-order valence-corrected chi connectivity index (χ4v) is 3.86. The van der Waals surface area contributed by atoms with E-state index in [1.54, 1.807) is 0 Å². The van der Waals surface area contributed by atoms with Crippen molar-refractivity contribution in [2.75, 3.05) is 13.1 Å². The van der Waals surface area contributed by atoms with Gasteiger partial charge in [0.1, 0.15) is 0 Å². The molecule has 0 aliphatic carbocycles. The molecule has 0 saturated carbocycles. The van der Waals surface area contributed by atoms with Crippen LogP contribution in [0.2, 0.25) is 0 Å². The van der Waals surface area contributed by atoms with Gasteiger partial charge in [0.05, 0.1) is 16.8 Å². The molecule has 0 atom stereocenters. The molecule has 0 N–H and O–H groups in total. The van der Waals surface area contributed by atoms with Crippen LogP contribution in [0.15, 0.2) is 72.8 Å². The standard InChI is InChI=1S/C26H26N2O/c1-3-5-17-28(4-2)26(29)23-18-25(27-24-16-9-8-14-22(23)24)21-15-10-12-19-11-6-7-13-20(19)21/h6-16,18H,3-5,17H2,1-2H3. The van der Waals surface area contributed by atoms with Gasteiger partial charge < -0.3 is 4.90 Å². The first-order valence-corrected chi connectivity index (χ1v) is 10.4. The van der Waals surface area contributed by atoms with Crippen molar-refractivity contribution in [3.63, 3.8) is 0 Å². The number of hydrogen-bond acceptors (Lipinski definition) is 2. The number of carbonyl (C=O) groups excluding carboxylic acids is 1. The average molecular weight is 383 g/mol. The summed E-state index contributed by atoms with van der Waals surface area (Å²) in [6.07, 6.45) is 2.08. The van der Waals surface area contributed by atoms with E-state index in [0.717, 1.165) is 52.5 Å². The van der Waals surface area contributed by atoms with Crippen LogP contribution in [-0.2, 0) is 0 Å². The average Bonchev–Trinajstić information content (AvgIpc) is 2.78. The van der Waals surface area contributed by atoms with Gasteiger partial charge in [-0.1, -0.05) is 74.0 Å². The molecule has 0 saturated heterocycles. The maximum Gasteiger partial charge on any atom is 0.254 e. The summed E-state index contributed by atoms with van der Waals surface area (Å²) in [6.45, 7) is 5.69. The summed E-state index contributed by atoms with van der Waals surface area (Å²) in [5.74, 6) is 0.0843. The molecule has 0 unspecified atom stereocenters. The molecule has 1 heterocycles. The Bertz CT molecular complexity index is 1160. The molecular weight excluding hydrogens is 356 g/mol. The molecule has 0 radical (unpaired) electrons. The molecular formula is C26H26N2O. The second kappa shape index (κ2) is 8.44. The summed E-state index contributed by atoms with van der Waals surface area (Å²) in [5.41, 5.74) is 3.49. The van der Waals surface area contributed by atoms with E-state index in [2.05, 4.69) is 37.3 Å². The van der Waals surface area contributed by atoms with Gasteiger partial charge in [-0.15, -0.1) is 0 Å². The van der Waals surface area contributed by atoms with Gasteiger partial charge in [0.25, 0.3) is 5.91 Å². The Labute approximate surface area is 172 Å². The minimum atomic E-state index is 0.0843. The smallest absolute Gasteiger partial charge is 0.254 e. The molecule has 0 aliphatic rings. The van der Waals surface area contributed by atoms with Gasteiger partial charge in [-0.25, -0.2) is 4.98 Å². The van der Waals surface area contributed by atoms with E-state index in [4.69, 9.17) is 4.98 Å². The lowest BCUT2D eigenvalue weighted by Gasteiger charge is -2.22. The van der Waals surface area contributed by atoms with Crippen LogP contribution in [0.5, 0.6) is 0 Å². The summed E-state index contributed by atoms with van der Waals surface area (Å²) in [5, 5.41) is 3.23. The predicted octanol–water partition coefficient (Wildman–Crippen LogP) is 6.32. The van der Waals surface area contributed by atoms with Crippen LogP contribution >= 0.6 is 0 Å². The number of unbranched alkanes of at least 4 members (excludes halogenated alkanes) is 1. The minimum absolute atomic E-state index is 0.0843. The fourth-order valence-electron chi connectivity index (χ4n) is 3.86. The highest BCUT2D eigenvalue weighted by molar-refractivity contribution is 6.08. The van der Waals surface area contributed by atoms with Crippen molar-refractivity contribution >= 4 is 27.6 Å². The fraction of sp³-hybridized carbons (Fsp3) is 0.231. The molecule has 0 aliphatic heterocycles. The molecule has 0 spiro atoms. The zero-order valence-electron chi connectivity index (χ0n) is 17.1. The lowest BCUT2D eigenvalue weighted by molar-refractivity contribution is 0.0764. The van der Waals surface area contributed by atoms with E-state index in [0.29, 0.717) is 6.54 Å².